The van der Waals surface area contributed by atoms with E-state index in [1.807, 2.05) is 6.92 Å². The molecule has 1 N–H and O–H groups in total. The molecule has 0 aliphatic carbocycles. The number of aryl methyl sites for hydroxylation is 1. The first-order valence-corrected chi connectivity index (χ1v) is 12.4. The summed E-state index contributed by atoms with van der Waals surface area (Å²) >= 11 is 1.09. The molecule has 9 nitrogen and oxygen atoms in total. The van der Waals surface area contributed by atoms with Gasteiger partial charge in [0.25, 0.3) is 5.79 Å². The zero-order valence-corrected chi connectivity index (χ0v) is 22.3. The number of aliphatic hydroxyl groups is 1. The molecule has 1 atom stereocenters. The van der Waals surface area contributed by atoms with Crippen molar-refractivity contribution in [3.63, 3.8) is 0 Å². The van der Waals surface area contributed by atoms with Crippen LogP contribution < -0.4 is 18.9 Å². The van der Waals surface area contributed by atoms with Gasteiger partial charge < -0.3 is 28.8 Å². The fraction of sp³-hybridized carbons (Fsp3) is 0.250. The SMILES string of the molecule is COc1ccc(C2(O)OC(=O)C(c3ccc4nsnc4c3)=C2Cc2cc(OC)c(OC)c(OC)c2)cc1C. The lowest BCUT2D eigenvalue weighted by molar-refractivity contribution is -0.185. The number of fused-ring (bicyclic) bond motifs is 1. The Morgan fingerprint density at radius 1 is 0.868 bits per heavy atom. The molecule has 0 radical (unpaired) electrons. The van der Waals surface area contributed by atoms with Crippen LogP contribution in [0.1, 0.15) is 22.3 Å². The molecule has 10 heteroatoms. The Bertz CT molecular complexity index is 1550. The van der Waals surface area contributed by atoms with Crippen LogP contribution in [0, 0.1) is 6.92 Å². The number of nitrogens with zero attached hydrogens (tertiary/aromatic N) is 2. The molecular weight excluding hydrogens is 508 g/mol. The Balaban J connectivity index is 1.72. The van der Waals surface area contributed by atoms with Gasteiger partial charge in [-0.25, -0.2) is 4.79 Å². The first-order chi connectivity index (χ1) is 18.3. The van der Waals surface area contributed by atoms with E-state index in [0.717, 1.165) is 22.8 Å². The van der Waals surface area contributed by atoms with Gasteiger partial charge in [-0.05, 0) is 66.1 Å². The summed E-state index contributed by atoms with van der Waals surface area (Å²) in [6, 6.07) is 14.1. The second-order valence-corrected chi connectivity index (χ2v) is 9.28. The molecule has 0 fully saturated rings. The zero-order chi connectivity index (χ0) is 27.0. The number of aromatic nitrogens is 2. The van der Waals surface area contributed by atoms with E-state index in [1.165, 1.54) is 21.3 Å². The summed E-state index contributed by atoms with van der Waals surface area (Å²) in [5, 5.41) is 12.0. The average Bonchev–Trinajstić information content (AvgIpc) is 3.49. The van der Waals surface area contributed by atoms with Crippen LogP contribution in [0.4, 0.5) is 0 Å². The molecule has 1 unspecified atom stereocenters. The number of methoxy groups -OCH3 is 4. The van der Waals surface area contributed by atoms with Crippen LogP contribution in [-0.2, 0) is 21.7 Å². The van der Waals surface area contributed by atoms with Crippen LogP contribution in [0.2, 0.25) is 0 Å². The molecule has 0 saturated carbocycles. The quantitative estimate of drug-likeness (QED) is 0.328. The van der Waals surface area contributed by atoms with Crippen molar-refractivity contribution in [1.29, 1.82) is 0 Å². The van der Waals surface area contributed by atoms with Gasteiger partial charge in [0.1, 0.15) is 16.8 Å². The van der Waals surface area contributed by atoms with E-state index in [-0.39, 0.29) is 12.0 Å². The lowest BCUT2D eigenvalue weighted by Crippen LogP contribution is -2.30. The largest absolute Gasteiger partial charge is 0.496 e. The van der Waals surface area contributed by atoms with Crippen molar-refractivity contribution in [3.05, 3.63) is 76.4 Å². The van der Waals surface area contributed by atoms with Crippen molar-refractivity contribution in [2.75, 3.05) is 28.4 Å². The number of esters is 1. The molecule has 0 spiro atoms. The summed E-state index contributed by atoms with van der Waals surface area (Å²) in [4.78, 5) is 13.4. The monoisotopic (exact) mass is 534 g/mol. The molecule has 1 aromatic heterocycles. The molecule has 4 aromatic rings. The minimum atomic E-state index is -2.03. The highest BCUT2D eigenvalue weighted by Gasteiger charge is 2.48. The van der Waals surface area contributed by atoms with Crippen molar-refractivity contribution < 1.29 is 33.6 Å². The van der Waals surface area contributed by atoms with Crippen molar-refractivity contribution in [2.24, 2.45) is 0 Å². The topological polar surface area (TPSA) is 109 Å². The first-order valence-electron chi connectivity index (χ1n) is 11.7. The molecular formula is C28H26N2O7S. The third kappa shape index (κ3) is 4.21. The number of rotatable bonds is 8. The molecule has 5 rings (SSSR count). The summed E-state index contributed by atoms with van der Waals surface area (Å²) in [6.07, 6.45) is 0.146. The van der Waals surface area contributed by atoms with Crippen LogP contribution >= 0.6 is 11.7 Å². The van der Waals surface area contributed by atoms with Gasteiger partial charge in [-0.3, -0.25) is 0 Å². The highest BCUT2D eigenvalue weighted by molar-refractivity contribution is 7.00. The van der Waals surface area contributed by atoms with E-state index in [4.69, 9.17) is 23.7 Å². The van der Waals surface area contributed by atoms with Gasteiger partial charge in [0.05, 0.1) is 45.7 Å². The maximum atomic E-state index is 13.4. The van der Waals surface area contributed by atoms with Crippen molar-refractivity contribution in [2.45, 2.75) is 19.1 Å². The minimum Gasteiger partial charge on any atom is -0.496 e. The lowest BCUT2D eigenvalue weighted by atomic mass is 9.87. The number of carbonyl (C=O) groups excluding carboxylic acids is 1. The highest BCUT2D eigenvalue weighted by atomic mass is 32.1. The summed E-state index contributed by atoms with van der Waals surface area (Å²) in [5.74, 6) is -0.682. The normalized spacial score (nSPS) is 17.1. The number of hydrogen-bond acceptors (Lipinski definition) is 10. The summed E-state index contributed by atoms with van der Waals surface area (Å²) < 4.78 is 36.2. The van der Waals surface area contributed by atoms with E-state index in [0.29, 0.717) is 50.8 Å². The third-order valence-corrected chi connectivity index (χ3v) is 7.15. The highest BCUT2D eigenvalue weighted by Crippen LogP contribution is 2.47. The Kier molecular flexibility index (Phi) is 6.68. The Hall–Kier alpha value is -4.15. The smallest absolute Gasteiger partial charge is 0.342 e. The molecule has 0 amide bonds. The Labute approximate surface area is 223 Å². The van der Waals surface area contributed by atoms with E-state index in [9.17, 15) is 9.90 Å². The molecule has 38 heavy (non-hydrogen) atoms. The average molecular weight is 535 g/mol. The van der Waals surface area contributed by atoms with Crippen LogP contribution in [0.3, 0.4) is 0 Å². The van der Waals surface area contributed by atoms with Gasteiger partial charge in [0, 0.05) is 17.6 Å². The van der Waals surface area contributed by atoms with E-state index in [2.05, 4.69) is 8.75 Å². The number of ether oxygens (including phenoxy) is 5. The van der Waals surface area contributed by atoms with Gasteiger partial charge in [0.2, 0.25) is 5.75 Å². The van der Waals surface area contributed by atoms with Gasteiger partial charge in [-0.15, -0.1) is 0 Å². The van der Waals surface area contributed by atoms with Gasteiger partial charge >= 0.3 is 5.97 Å². The van der Waals surface area contributed by atoms with E-state index >= 15 is 0 Å². The van der Waals surface area contributed by atoms with Crippen molar-refractivity contribution in [1.82, 2.24) is 8.75 Å². The predicted molar refractivity (Wildman–Crippen MR) is 142 cm³/mol. The van der Waals surface area contributed by atoms with Crippen LogP contribution in [-0.4, -0.2) is 48.3 Å². The third-order valence-electron chi connectivity index (χ3n) is 6.59. The Morgan fingerprint density at radius 3 is 2.18 bits per heavy atom. The van der Waals surface area contributed by atoms with Crippen LogP contribution in [0.15, 0.2) is 54.1 Å². The molecule has 3 aromatic carbocycles. The van der Waals surface area contributed by atoms with Crippen LogP contribution in [0.5, 0.6) is 23.0 Å². The number of carbonyl (C=O) groups is 1. The molecule has 0 saturated heterocycles. The van der Waals surface area contributed by atoms with Crippen molar-refractivity contribution in [3.8, 4) is 23.0 Å². The maximum absolute atomic E-state index is 13.4. The molecule has 0 bridgehead atoms. The molecule has 2 heterocycles. The summed E-state index contributed by atoms with van der Waals surface area (Å²) in [7, 11) is 6.16. The first kappa shape index (κ1) is 25.5. The van der Waals surface area contributed by atoms with Crippen molar-refractivity contribution >= 4 is 34.3 Å². The summed E-state index contributed by atoms with van der Waals surface area (Å²) in [5.41, 5.74) is 4.45. The van der Waals surface area contributed by atoms with E-state index < -0.39 is 11.8 Å². The molecule has 1 aliphatic rings. The van der Waals surface area contributed by atoms with Gasteiger partial charge in [-0.2, -0.15) is 8.75 Å². The minimum absolute atomic E-state index is 0.146. The Morgan fingerprint density at radius 2 is 1.55 bits per heavy atom. The predicted octanol–water partition coefficient (Wildman–Crippen LogP) is 4.43. The zero-order valence-electron chi connectivity index (χ0n) is 21.5. The maximum Gasteiger partial charge on any atom is 0.342 e. The summed E-state index contributed by atoms with van der Waals surface area (Å²) in [6.45, 7) is 1.86. The molecule has 1 aliphatic heterocycles. The fourth-order valence-corrected chi connectivity index (χ4v) is 5.26. The number of benzene rings is 3. The number of cyclic esters (lactones) is 1. The van der Waals surface area contributed by atoms with E-state index in [1.54, 1.807) is 55.6 Å². The fourth-order valence-electron chi connectivity index (χ4n) is 4.74. The van der Waals surface area contributed by atoms with Gasteiger partial charge in [0.15, 0.2) is 11.5 Å². The second kappa shape index (κ2) is 9.96. The standard InChI is InChI=1S/C28H26N2O7S/c1-15-10-18(7-9-22(15)33-2)28(32)19(11-16-12-23(34-3)26(36-5)24(13-16)35-4)25(27(31)37-28)17-6-8-20-21(14-17)30-38-29-20/h6-10,12-14,32H,11H2,1-5H3. The molecule has 196 valence electrons. The van der Waals surface area contributed by atoms with Gasteiger partial charge in [-0.1, -0.05) is 6.07 Å². The second-order valence-electron chi connectivity index (χ2n) is 8.75. The lowest BCUT2D eigenvalue weighted by Gasteiger charge is -2.26. The van der Waals surface area contributed by atoms with Crippen LogP contribution in [0.25, 0.3) is 16.6 Å². The number of hydrogen-bond donors (Lipinski definition) is 1.